The van der Waals surface area contributed by atoms with Crippen LogP contribution in [0, 0.1) is 6.92 Å². The van der Waals surface area contributed by atoms with Gasteiger partial charge in [0.25, 0.3) is 0 Å². The van der Waals surface area contributed by atoms with Crippen molar-refractivity contribution in [1.82, 2.24) is 0 Å². The third-order valence-corrected chi connectivity index (χ3v) is 2.73. The maximum absolute atomic E-state index is 11.1. The van der Waals surface area contributed by atoms with Crippen LogP contribution in [0.4, 0.5) is 0 Å². The Hall–Kier alpha value is 0.0200. The molecule has 0 amide bonds. The molecule has 0 heterocycles. The average molecular weight is 201 g/mol. The second-order valence-electron chi connectivity index (χ2n) is 3.24. The monoisotopic (exact) mass is 201 g/mol. The van der Waals surface area contributed by atoms with Crippen LogP contribution in [0.1, 0.15) is 51.9 Å². The molecule has 0 fully saturated rings. The molecule has 0 saturated carbocycles. The zero-order chi connectivity index (χ0) is 9.94. The summed E-state index contributed by atoms with van der Waals surface area (Å²) in [6.07, 6.45) is 8.26. The van der Waals surface area contributed by atoms with Crippen molar-refractivity contribution in [2.24, 2.45) is 0 Å². The summed E-state index contributed by atoms with van der Waals surface area (Å²) in [5.74, 6) is 0.675. The van der Waals surface area contributed by atoms with E-state index in [1.54, 1.807) is 0 Å². The van der Waals surface area contributed by atoms with Crippen molar-refractivity contribution in [3.63, 3.8) is 0 Å². The molecule has 13 heavy (non-hydrogen) atoms. The summed E-state index contributed by atoms with van der Waals surface area (Å²) >= 11 is 1.35. The summed E-state index contributed by atoms with van der Waals surface area (Å²) in [5.41, 5.74) is 0. The average Bonchev–Trinajstić information content (AvgIpc) is 2.11. The lowest BCUT2D eigenvalue weighted by molar-refractivity contribution is -0.111. The van der Waals surface area contributed by atoms with E-state index in [0.717, 1.165) is 12.8 Å². The number of carbonyl (C=O) groups excluding carboxylic acids is 1. The maximum atomic E-state index is 11.1. The SMILES string of the molecule is [CH2]CSC(=O)CCCCCCCC. The third kappa shape index (κ3) is 9.94. The minimum Gasteiger partial charge on any atom is -0.287 e. The highest BCUT2D eigenvalue weighted by molar-refractivity contribution is 8.13. The van der Waals surface area contributed by atoms with Crippen LogP contribution in [0.15, 0.2) is 0 Å². The molecule has 77 valence electrons. The van der Waals surface area contributed by atoms with E-state index in [-0.39, 0.29) is 0 Å². The summed E-state index contributed by atoms with van der Waals surface area (Å²) in [4.78, 5) is 11.1. The molecule has 0 rings (SSSR count). The van der Waals surface area contributed by atoms with Crippen LogP contribution >= 0.6 is 11.8 Å². The first-order valence-corrected chi connectivity index (χ1v) is 6.24. The van der Waals surface area contributed by atoms with E-state index < -0.39 is 0 Å². The fourth-order valence-corrected chi connectivity index (χ4v) is 1.75. The Kier molecular flexibility index (Phi) is 10.1. The van der Waals surface area contributed by atoms with E-state index in [4.69, 9.17) is 0 Å². The third-order valence-electron chi connectivity index (χ3n) is 2.00. The molecule has 0 aromatic rings. The molecule has 0 bridgehead atoms. The molecule has 0 aromatic carbocycles. The van der Waals surface area contributed by atoms with Gasteiger partial charge in [-0.2, -0.15) is 0 Å². The highest BCUT2D eigenvalue weighted by Gasteiger charge is 1.99. The Morgan fingerprint density at radius 1 is 1.15 bits per heavy atom. The molecule has 0 atom stereocenters. The molecule has 2 heteroatoms. The first-order valence-electron chi connectivity index (χ1n) is 5.26. The molecule has 1 nitrogen and oxygen atoms in total. The van der Waals surface area contributed by atoms with Crippen LogP contribution in [0.25, 0.3) is 0 Å². The number of hydrogen-bond acceptors (Lipinski definition) is 2. The number of thioether (sulfide) groups is 1. The zero-order valence-electron chi connectivity index (χ0n) is 8.68. The van der Waals surface area contributed by atoms with Gasteiger partial charge in [0.1, 0.15) is 0 Å². The first-order chi connectivity index (χ1) is 6.31. The van der Waals surface area contributed by atoms with E-state index in [2.05, 4.69) is 13.8 Å². The van der Waals surface area contributed by atoms with Gasteiger partial charge in [-0.1, -0.05) is 50.8 Å². The van der Waals surface area contributed by atoms with Crippen molar-refractivity contribution >= 4 is 16.9 Å². The normalized spacial score (nSPS) is 10.3. The summed E-state index contributed by atoms with van der Waals surface area (Å²) in [6.45, 7) is 5.85. The predicted molar refractivity (Wildman–Crippen MR) is 60.8 cm³/mol. The van der Waals surface area contributed by atoms with Gasteiger partial charge in [0.15, 0.2) is 5.12 Å². The first kappa shape index (κ1) is 13.0. The Bertz CT molecular complexity index is 123. The molecule has 1 radical (unpaired) electrons. The van der Waals surface area contributed by atoms with Gasteiger partial charge in [-0.15, -0.1) is 0 Å². The van der Waals surface area contributed by atoms with Gasteiger partial charge in [0.05, 0.1) is 0 Å². The summed E-state index contributed by atoms with van der Waals surface area (Å²) in [5, 5.41) is 0.311. The van der Waals surface area contributed by atoms with Crippen molar-refractivity contribution < 1.29 is 4.79 Å². The summed E-state index contributed by atoms with van der Waals surface area (Å²) in [6, 6.07) is 0. The second-order valence-corrected chi connectivity index (χ2v) is 4.39. The molecule has 0 aliphatic heterocycles. The van der Waals surface area contributed by atoms with Crippen molar-refractivity contribution in [3.05, 3.63) is 6.92 Å². The highest BCUT2D eigenvalue weighted by Crippen LogP contribution is 2.11. The fourth-order valence-electron chi connectivity index (χ4n) is 1.24. The Labute approximate surface area is 86.7 Å². The second kappa shape index (κ2) is 10.1. The quantitative estimate of drug-likeness (QED) is 0.555. The number of carbonyl (C=O) groups is 1. The maximum Gasteiger partial charge on any atom is 0.188 e. The molecule has 0 unspecified atom stereocenters. The summed E-state index contributed by atoms with van der Waals surface area (Å²) < 4.78 is 0. The van der Waals surface area contributed by atoms with Gasteiger partial charge >= 0.3 is 0 Å². The number of hydrogen-bond donors (Lipinski definition) is 0. The molecule has 0 spiro atoms. The lowest BCUT2D eigenvalue weighted by Crippen LogP contribution is -1.91. The van der Waals surface area contributed by atoms with Crippen molar-refractivity contribution in [2.75, 3.05) is 5.75 Å². The van der Waals surface area contributed by atoms with Crippen LogP contribution < -0.4 is 0 Å². The Morgan fingerprint density at radius 3 is 2.38 bits per heavy atom. The minimum atomic E-state index is 0.311. The standard InChI is InChI=1S/C11H21OS/c1-3-5-6-7-8-9-10-11(12)13-4-2/h2-10H2,1H3. The van der Waals surface area contributed by atoms with Gasteiger partial charge < -0.3 is 0 Å². The molecule has 0 aromatic heterocycles. The van der Waals surface area contributed by atoms with Crippen LogP contribution in [0.3, 0.4) is 0 Å². The molecular formula is C11H21OS. The number of unbranched alkanes of at least 4 members (excludes halogenated alkanes) is 5. The van der Waals surface area contributed by atoms with Crippen molar-refractivity contribution in [1.29, 1.82) is 0 Å². The van der Waals surface area contributed by atoms with Gasteiger partial charge in [-0.25, -0.2) is 0 Å². The van der Waals surface area contributed by atoms with E-state index >= 15 is 0 Å². The van der Waals surface area contributed by atoms with Crippen LogP contribution in [0.2, 0.25) is 0 Å². The predicted octanol–water partition coefficient (Wildman–Crippen LogP) is 3.83. The van der Waals surface area contributed by atoms with Gasteiger partial charge in [-0.3, -0.25) is 4.79 Å². The molecule has 0 aliphatic rings. The molecule has 0 aliphatic carbocycles. The van der Waals surface area contributed by atoms with Gasteiger partial charge in [0.2, 0.25) is 0 Å². The van der Waals surface area contributed by atoms with Crippen LogP contribution in [-0.4, -0.2) is 10.9 Å². The molecule has 0 N–H and O–H groups in total. The van der Waals surface area contributed by atoms with Crippen molar-refractivity contribution in [2.45, 2.75) is 51.9 Å². The fraction of sp³-hybridized carbons (Fsp3) is 0.818. The van der Waals surface area contributed by atoms with E-state index in [1.165, 1.54) is 43.9 Å². The number of rotatable bonds is 8. The summed E-state index contributed by atoms with van der Waals surface area (Å²) in [7, 11) is 0. The lowest BCUT2D eigenvalue weighted by atomic mass is 10.1. The zero-order valence-corrected chi connectivity index (χ0v) is 9.50. The van der Waals surface area contributed by atoms with Crippen LogP contribution in [0.5, 0.6) is 0 Å². The van der Waals surface area contributed by atoms with E-state index in [0.29, 0.717) is 10.9 Å². The molecule has 0 saturated heterocycles. The van der Waals surface area contributed by atoms with E-state index in [9.17, 15) is 4.79 Å². The van der Waals surface area contributed by atoms with Crippen LogP contribution in [-0.2, 0) is 4.79 Å². The Morgan fingerprint density at radius 2 is 1.77 bits per heavy atom. The molecular weight excluding hydrogens is 180 g/mol. The lowest BCUT2D eigenvalue weighted by Gasteiger charge is -1.99. The largest absolute Gasteiger partial charge is 0.287 e. The minimum absolute atomic E-state index is 0.311. The van der Waals surface area contributed by atoms with Crippen molar-refractivity contribution in [3.8, 4) is 0 Å². The van der Waals surface area contributed by atoms with Gasteiger partial charge in [-0.05, 0) is 13.3 Å². The smallest absolute Gasteiger partial charge is 0.188 e. The van der Waals surface area contributed by atoms with Gasteiger partial charge in [0, 0.05) is 12.2 Å². The highest BCUT2D eigenvalue weighted by atomic mass is 32.2. The topological polar surface area (TPSA) is 17.1 Å². The van der Waals surface area contributed by atoms with E-state index in [1.807, 2.05) is 0 Å². The Balaban J connectivity index is 3.02.